The molecule has 0 aromatic heterocycles. The molecule has 5 nitrogen and oxygen atoms in total. The van der Waals surface area contributed by atoms with Crippen LogP contribution in [0.1, 0.15) is 19.8 Å². The van der Waals surface area contributed by atoms with Gasteiger partial charge in [0, 0.05) is 29.6 Å². The number of piperidine rings is 1. The summed E-state index contributed by atoms with van der Waals surface area (Å²) in [5.41, 5.74) is 11.7. The summed E-state index contributed by atoms with van der Waals surface area (Å²) < 4.78 is 0. The minimum atomic E-state index is -0.258. The molecular weight excluding hydrogens is 286 g/mol. The number of nitrogens with zero attached hydrogens (tertiary/aromatic N) is 1. The van der Waals surface area contributed by atoms with Gasteiger partial charge in [-0.3, -0.25) is 9.59 Å². The average molecular weight is 307 g/mol. The molecule has 0 saturated carbocycles. The summed E-state index contributed by atoms with van der Waals surface area (Å²) in [5, 5.41) is -0.154. The van der Waals surface area contributed by atoms with Crippen LogP contribution < -0.4 is 11.5 Å². The van der Waals surface area contributed by atoms with Crippen LogP contribution in [0, 0.1) is 5.92 Å². The van der Waals surface area contributed by atoms with Gasteiger partial charge in [0.2, 0.25) is 11.8 Å². The molecule has 0 radical (unpaired) electrons. The molecule has 0 aliphatic carbocycles. The number of likely N-dealkylation sites (tertiary alicyclic amines) is 1. The number of amides is 2. The molecule has 1 aromatic rings. The van der Waals surface area contributed by atoms with Gasteiger partial charge in [0.05, 0.1) is 5.25 Å². The van der Waals surface area contributed by atoms with Crippen molar-refractivity contribution in [1.29, 1.82) is 0 Å². The van der Waals surface area contributed by atoms with Gasteiger partial charge >= 0.3 is 0 Å². The Morgan fingerprint density at radius 1 is 1.24 bits per heavy atom. The highest BCUT2D eigenvalue weighted by molar-refractivity contribution is 8.00. The molecule has 114 valence electrons. The maximum absolute atomic E-state index is 12.4. The molecule has 1 saturated heterocycles. The number of hydrogen-bond acceptors (Lipinski definition) is 4. The molecule has 2 amide bonds. The van der Waals surface area contributed by atoms with Crippen molar-refractivity contribution in [3.63, 3.8) is 0 Å². The van der Waals surface area contributed by atoms with E-state index in [1.807, 2.05) is 36.1 Å². The number of hydrogen-bond donors (Lipinski definition) is 2. The summed E-state index contributed by atoms with van der Waals surface area (Å²) >= 11 is 1.52. The van der Waals surface area contributed by atoms with Crippen molar-refractivity contribution in [2.24, 2.45) is 11.7 Å². The van der Waals surface area contributed by atoms with Gasteiger partial charge in [0.25, 0.3) is 0 Å². The first-order valence-corrected chi connectivity index (χ1v) is 7.95. The van der Waals surface area contributed by atoms with Gasteiger partial charge in [-0.2, -0.15) is 0 Å². The minimum absolute atomic E-state index is 0.0888. The number of carbonyl (C=O) groups is 2. The molecule has 1 atom stereocenters. The quantitative estimate of drug-likeness (QED) is 0.651. The molecule has 1 aromatic carbocycles. The summed E-state index contributed by atoms with van der Waals surface area (Å²) in [7, 11) is 0. The molecule has 0 spiro atoms. The Morgan fingerprint density at radius 3 is 2.33 bits per heavy atom. The van der Waals surface area contributed by atoms with Crippen LogP contribution in [0.5, 0.6) is 0 Å². The molecule has 0 bridgehead atoms. The normalized spacial score (nSPS) is 17.5. The second-order valence-electron chi connectivity index (χ2n) is 5.33. The zero-order valence-corrected chi connectivity index (χ0v) is 12.9. The number of primary amides is 1. The van der Waals surface area contributed by atoms with Gasteiger partial charge in [0.15, 0.2) is 0 Å². The third kappa shape index (κ3) is 4.14. The standard InChI is InChI=1S/C15H21N3O2S/c1-10(21-13-4-2-12(16)3-5-13)15(20)18-8-6-11(7-9-18)14(17)19/h2-5,10-11H,6-9,16H2,1H3,(H2,17,19). The number of benzene rings is 1. The number of nitrogen functional groups attached to an aromatic ring is 1. The van der Waals surface area contributed by atoms with Gasteiger partial charge in [-0.05, 0) is 44.0 Å². The van der Waals surface area contributed by atoms with Crippen LogP contribution in [0.2, 0.25) is 0 Å². The fourth-order valence-electron chi connectivity index (χ4n) is 2.44. The smallest absolute Gasteiger partial charge is 0.235 e. The summed E-state index contributed by atoms with van der Waals surface area (Å²) in [6.07, 6.45) is 1.33. The molecule has 1 aliphatic heterocycles. The van der Waals surface area contributed by atoms with Crippen molar-refractivity contribution in [3.8, 4) is 0 Å². The van der Waals surface area contributed by atoms with Crippen LogP contribution in [0.3, 0.4) is 0 Å². The van der Waals surface area contributed by atoms with Crippen LogP contribution in [-0.4, -0.2) is 35.1 Å². The molecule has 1 fully saturated rings. The summed E-state index contributed by atoms with van der Waals surface area (Å²) in [5.74, 6) is -0.236. The Morgan fingerprint density at radius 2 is 1.81 bits per heavy atom. The topological polar surface area (TPSA) is 89.4 Å². The van der Waals surface area contributed by atoms with Crippen LogP contribution in [0.15, 0.2) is 29.2 Å². The molecular formula is C15H21N3O2S. The maximum Gasteiger partial charge on any atom is 0.235 e. The highest BCUT2D eigenvalue weighted by Crippen LogP contribution is 2.26. The van der Waals surface area contributed by atoms with Crippen LogP contribution >= 0.6 is 11.8 Å². The molecule has 1 aliphatic rings. The van der Waals surface area contributed by atoms with E-state index < -0.39 is 0 Å². The highest BCUT2D eigenvalue weighted by Gasteiger charge is 2.28. The monoisotopic (exact) mass is 307 g/mol. The summed E-state index contributed by atoms with van der Waals surface area (Å²) in [6, 6.07) is 7.50. The third-order valence-electron chi connectivity index (χ3n) is 3.75. The lowest BCUT2D eigenvalue weighted by Gasteiger charge is -2.32. The molecule has 4 N–H and O–H groups in total. The second-order valence-corrected chi connectivity index (χ2v) is 6.75. The highest BCUT2D eigenvalue weighted by atomic mass is 32.2. The maximum atomic E-state index is 12.4. The Bertz CT molecular complexity index is 510. The van der Waals surface area contributed by atoms with E-state index in [1.54, 1.807) is 0 Å². The fraction of sp³-hybridized carbons (Fsp3) is 0.467. The summed E-state index contributed by atoms with van der Waals surface area (Å²) in [4.78, 5) is 26.4. The van der Waals surface area contributed by atoms with Crippen molar-refractivity contribution < 1.29 is 9.59 Å². The van der Waals surface area contributed by atoms with Crippen molar-refractivity contribution in [2.75, 3.05) is 18.8 Å². The first kappa shape index (κ1) is 15.7. The number of nitrogens with two attached hydrogens (primary N) is 2. The number of thioether (sulfide) groups is 1. The molecule has 2 rings (SSSR count). The molecule has 1 heterocycles. The molecule has 6 heteroatoms. The second kappa shape index (κ2) is 6.85. The first-order chi connectivity index (χ1) is 9.97. The van der Waals surface area contributed by atoms with E-state index in [-0.39, 0.29) is 23.0 Å². The van der Waals surface area contributed by atoms with E-state index in [0.29, 0.717) is 31.6 Å². The number of carbonyl (C=O) groups excluding carboxylic acids is 2. The predicted octanol–water partition coefficient (Wildman–Crippen LogP) is 1.47. The zero-order valence-electron chi connectivity index (χ0n) is 12.1. The third-order valence-corrected chi connectivity index (χ3v) is 4.85. The Hall–Kier alpha value is -1.69. The van der Waals surface area contributed by atoms with Crippen LogP contribution in [0.4, 0.5) is 5.69 Å². The minimum Gasteiger partial charge on any atom is -0.399 e. The lowest BCUT2D eigenvalue weighted by molar-refractivity contribution is -0.134. The number of anilines is 1. The van der Waals surface area contributed by atoms with Gasteiger partial charge in [-0.1, -0.05) is 0 Å². The van der Waals surface area contributed by atoms with E-state index in [1.165, 1.54) is 11.8 Å². The van der Waals surface area contributed by atoms with Crippen molar-refractivity contribution in [2.45, 2.75) is 29.9 Å². The lowest BCUT2D eigenvalue weighted by Crippen LogP contribution is -2.44. The van der Waals surface area contributed by atoms with E-state index >= 15 is 0 Å². The van der Waals surface area contributed by atoms with Gasteiger partial charge < -0.3 is 16.4 Å². The average Bonchev–Trinajstić information content (AvgIpc) is 2.49. The van der Waals surface area contributed by atoms with Crippen molar-refractivity contribution in [1.82, 2.24) is 4.90 Å². The fourth-order valence-corrected chi connectivity index (χ4v) is 3.39. The van der Waals surface area contributed by atoms with Gasteiger partial charge in [0.1, 0.15) is 0 Å². The lowest BCUT2D eigenvalue weighted by atomic mass is 9.96. The van der Waals surface area contributed by atoms with Crippen molar-refractivity contribution in [3.05, 3.63) is 24.3 Å². The van der Waals surface area contributed by atoms with E-state index in [0.717, 1.165) is 4.90 Å². The Balaban J connectivity index is 1.88. The van der Waals surface area contributed by atoms with Crippen LogP contribution in [-0.2, 0) is 9.59 Å². The van der Waals surface area contributed by atoms with E-state index in [2.05, 4.69) is 0 Å². The van der Waals surface area contributed by atoms with Crippen LogP contribution in [0.25, 0.3) is 0 Å². The Labute approximate surface area is 129 Å². The molecule has 1 unspecified atom stereocenters. The van der Waals surface area contributed by atoms with E-state index in [9.17, 15) is 9.59 Å². The predicted molar refractivity (Wildman–Crippen MR) is 84.7 cm³/mol. The summed E-state index contributed by atoms with van der Waals surface area (Å²) in [6.45, 7) is 3.13. The van der Waals surface area contributed by atoms with E-state index in [4.69, 9.17) is 11.5 Å². The SMILES string of the molecule is CC(Sc1ccc(N)cc1)C(=O)N1CCC(C(N)=O)CC1. The largest absolute Gasteiger partial charge is 0.399 e. The zero-order chi connectivity index (χ0) is 15.4. The van der Waals surface area contributed by atoms with Crippen molar-refractivity contribution >= 4 is 29.3 Å². The van der Waals surface area contributed by atoms with Gasteiger partial charge in [-0.15, -0.1) is 11.8 Å². The molecule has 21 heavy (non-hydrogen) atoms. The Kier molecular flexibility index (Phi) is 5.12. The first-order valence-electron chi connectivity index (χ1n) is 7.07. The number of rotatable bonds is 4. The van der Waals surface area contributed by atoms with Gasteiger partial charge in [-0.25, -0.2) is 0 Å².